The van der Waals surface area contributed by atoms with Crippen LogP contribution in [0, 0.1) is 0 Å². The summed E-state index contributed by atoms with van der Waals surface area (Å²) in [6.07, 6.45) is 4.00. The molecule has 2 heterocycles. The van der Waals surface area contributed by atoms with Gasteiger partial charge in [-0.25, -0.2) is 4.98 Å². The van der Waals surface area contributed by atoms with Crippen molar-refractivity contribution in [3.05, 3.63) is 54.6 Å². The molecule has 0 aliphatic rings. The van der Waals surface area contributed by atoms with Gasteiger partial charge in [0.05, 0.1) is 39.8 Å². The fourth-order valence-electron chi connectivity index (χ4n) is 2.38. The van der Waals surface area contributed by atoms with E-state index < -0.39 is 16.2 Å². The minimum Gasteiger partial charge on any atom is -0.385 e. The molecule has 2 unspecified atom stereocenters. The van der Waals surface area contributed by atoms with Crippen LogP contribution in [-0.2, 0) is 20.3 Å². The highest BCUT2D eigenvalue weighted by atomic mass is 32.2. The molecule has 0 fully saturated rings. The Labute approximate surface area is 142 Å². The zero-order valence-corrected chi connectivity index (χ0v) is 14.2. The van der Waals surface area contributed by atoms with Crippen molar-refractivity contribution in [1.29, 1.82) is 0 Å². The van der Waals surface area contributed by atoms with Crippen LogP contribution in [0.15, 0.2) is 53.8 Å². The number of imidazole rings is 1. The van der Waals surface area contributed by atoms with E-state index >= 15 is 0 Å². The van der Waals surface area contributed by atoms with E-state index in [0.29, 0.717) is 29.3 Å². The monoisotopic (exact) mass is 345 g/mol. The smallest absolute Gasteiger partial charge is 0.178 e. The van der Waals surface area contributed by atoms with Gasteiger partial charge in [0.15, 0.2) is 5.44 Å². The number of H-pyrrole nitrogens is 1. The molecule has 0 spiro atoms. The number of aromatic amines is 1. The summed E-state index contributed by atoms with van der Waals surface area (Å²) >= 11 is 0. The zero-order valence-electron chi connectivity index (χ0n) is 13.3. The summed E-state index contributed by atoms with van der Waals surface area (Å²) in [4.78, 5) is 12.3. The third-order valence-electron chi connectivity index (χ3n) is 3.52. The van der Waals surface area contributed by atoms with Crippen molar-refractivity contribution < 1.29 is 13.7 Å². The molecule has 0 saturated heterocycles. The largest absolute Gasteiger partial charge is 0.385 e. The van der Waals surface area contributed by atoms with Crippen LogP contribution in [0.2, 0.25) is 0 Å². The van der Waals surface area contributed by atoms with Crippen molar-refractivity contribution in [1.82, 2.24) is 15.0 Å². The van der Waals surface area contributed by atoms with Gasteiger partial charge in [0.1, 0.15) is 5.52 Å². The van der Waals surface area contributed by atoms with Crippen molar-refractivity contribution in [2.75, 3.05) is 20.3 Å². The lowest BCUT2D eigenvalue weighted by atomic mass is 10.3. The normalized spacial score (nSPS) is 13.9. The maximum absolute atomic E-state index is 13.2. The average Bonchev–Trinajstić information content (AvgIpc) is 3.11. The first-order chi connectivity index (χ1) is 11.8. The highest BCUT2D eigenvalue weighted by Crippen LogP contribution is 2.29. The number of hydrogen-bond donors (Lipinski definition) is 1. The number of para-hydroxylation sites is 1. The van der Waals surface area contributed by atoms with Gasteiger partial charge in [-0.05, 0) is 30.7 Å². The van der Waals surface area contributed by atoms with E-state index in [2.05, 4.69) is 15.0 Å². The molecule has 1 aromatic carbocycles. The molecule has 126 valence electrons. The number of nitrogens with one attached hydrogen (secondary N) is 1. The number of rotatable bonds is 8. The van der Waals surface area contributed by atoms with Crippen molar-refractivity contribution >= 4 is 21.8 Å². The molecule has 0 radical (unpaired) electrons. The van der Waals surface area contributed by atoms with E-state index in [1.54, 1.807) is 19.6 Å². The van der Waals surface area contributed by atoms with Crippen LogP contribution in [0.3, 0.4) is 0 Å². The number of nitrogens with zero attached hydrogens (tertiary/aromatic N) is 2. The number of hydrogen-bond acceptors (Lipinski definition) is 5. The van der Waals surface area contributed by atoms with Gasteiger partial charge in [-0.3, -0.25) is 9.19 Å². The quantitative estimate of drug-likeness (QED) is 0.635. The predicted octanol–water partition coefficient (Wildman–Crippen LogP) is 2.82. The Kier molecular flexibility index (Phi) is 5.68. The number of pyridine rings is 1. The topological polar surface area (TPSA) is 77.1 Å². The number of ether oxygens (including phenoxy) is 2. The van der Waals surface area contributed by atoms with E-state index in [-0.39, 0.29) is 0 Å². The molecule has 6 nitrogen and oxygen atoms in total. The lowest BCUT2D eigenvalue weighted by Crippen LogP contribution is -2.14. The maximum Gasteiger partial charge on any atom is 0.178 e. The molecule has 1 N–H and O–H groups in total. The Morgan fingerprint density at radius 1 is 1.17 bits per heavy atom. The predicted molar refractivity (Wildman–Crippen MR) is 91.9 cm³/mol. The first kappa shape index (κ1) is 16.8. The molecule has 3 rings (SSSR count). The summed E-state index contributed by atoms with van der Waals surface area (Å²) in [5, 5.41) is 0. The van der Waals surface area contributed by atoms with Gasteiger partial charge in [-0.1, -0.05) is 12.1 Å². The standard InChI is InChI=1S/C17H19N3O3S/c1-22-10-5-11-23-17(14-6-2-3-9-18-14)24(21)15-8-4-7-13-16(15)20-12-19-13/h2-4,6-9,12,17H,5,10-11H2,1H3,(H,19,20). The average molecular weight is 345 g/mol. The molecular formula is C17H19N3O3S. The second-order valence-corrected chi connectivity index (χ2v) is 6.62. The van der Waals surface area contributed by atoms with Gasteiger partial charge in [-0.2, -0.15) is 0 Å². The Morgan fingerprint density at radius 3 is 2.88 bits per heavy atom. The maximum atomic E-state index is 13.2. The molecule has 0 aliphatic carbocycles. The molecule has 2 aromatic heterocycles. The summed E-state index contributed by atoms with van der Waals surface area (Å²) in [6.45, 7) is 1.04. The molecule has 0 saturated carbocycles. The van der Waals surface area contributed by atoms with E-state index in [1.165, 1.54) is 0 Å². The Bertz CT molecular complexity index is 807. The van der Waals surface area contributed by atoms with Gasteiger partial charge in [0.2, 0.25) is 0 Å². The van der Waals surface area contributed by atoms with E-state index in [4.69, 9.17) is 9.47 Å². The van der Waals surface area contributed by atoms with Crippen molar-refractivity contribution in [2.24, 2.45) is 0 Å². The highest BCUT2D eigenvalue weighted by Gasteiger charge is 2.24. The molecule has 3 aromatic rings. The molecule has 24 heavy (non-hydrogen) atoms. The van der Waals surface area contributed by atoms with Gasteiger partial charge in [0, 0.05) is 19.9 Å². The second-order valence-electron chi connectivity index (χ2n) is 5.16. The number of fused-ring (bicyclic) bond motifs is 1. The van der Waals surface area contributed by atoms with Crippen LogP contribution in [-0.4, -0.2) is 39.5 Å². The van der Waals surface area contributed by atoms with Gasteiger partial charge in [-0.15, -0.1) is 0 Å². The molecule has 0 aliphatic heterocycles. The van der Waals surface area contributed by atoms with E-state index in [9.17, 15) is 4.21 Å². The van der Waals surface area contributed by atoms with Crippen LogP contribution in [0.5, 0.6) is 0 Å². The molecule has 2 atom stereocenters. The fourth-order valence-corrected chi connectivity index (χ4v) is 3.76. The van der Waals surface area contributed by atoms with Crippen molar-refractivity contribution in [3.63, 3.8) is 0 Å². The van der Waals surface area contributed by atoms with Crippen LogP contribution in [0.25, 0.3) is 11.0 Å². The van der Waals surface area contributed by atoms with E-state index in [1.807, 2.05) is 36.4 Å². The summed E-state index contributed by atoms with van der Waals surface area (Å²) in [6, 6.07) is 11.1. The van der Waals surface area contributed by atoms with Gasteiger partial charge >= 0.3 is 0 Å². The molecule has 7 heteroatoms. The lowest BCUT2D eigenvalue weighted by Gasteiger charge is -2.17. The Morgan fingerprint density at radius 2 is 2.08 bits per heavy atom. The molecule has 0 bridgehead atoms. The molecular weight excluding hydrogens is 326 g/mol. The van der Waals surface area contributed by atoms with Crippen LogP contribution in [0.4, 0.5) is 0 Å². The minimum atomic E-state index is -1.44. The number of aromatic nitrogens is 3. The Balaban J connectivity index is 1.89. The number of benzene rings is 1. The van der Waals surface area contributed by atoms with Gasteiger partial charge < -0.3 is 14.5 Å². The third-order valence-corrected chi connectivity index (χ3v) is 5.04. The van der Waals surface area contributed by atoms with Crippen LogP contribution in [0.1, 0.15) is 17.6 Å². The SMILES string of the molecule is COCCCOC(c1ccccn1)S(=O)c1cccc2[nH]cnc12. The summed E-state index contributed by atoms with van der Waals surface area (Å²) in [7, 11) is 0.207. The first-order valence-corrected chi connectivity index (χ1v) is 8.86. The first-order valence-electron chi connectivity index (χ1n) is 7.65. The third kappa shape index (κ3) is 3.69. The van der Waals surface area contributed by atoms with Crippen LogP contribution < -0.4 is 0 Å². The van der Waals surface area contributed by atoms with E-state index in [0.717, 1.165) is 11.9 Å². The summed E-state index contributed by atoms with van der Waals surface area (Å²) < 4.78 is 24.1. The second kappa shape index (κ2) is 8.14. The Hall–Kier alpha value is -2.09. The minimum absolute atomic E-state index is 0.442. The summed E-state index contributed by atoms with van der Waals surface area (Å²) in [5.74, 6) is 0. The highest BCUT2D eigenvalue weighted by molar-refractivity contribution is 7.85. The number of methoxy groups -OCH3 is 1. The van der Waals surface area contributed by atoms with Crippen molar-refractivity contribution in [2.45, 2.75) is 16.8 Å². The van der Waals surface area contributed by atoms with Crippen LogP contribution >= 0.6 is 0 Å². The zero-order chi connectivity index (χ0) is 16.8. The van der Waals surface area contributed by atoms with Crippen molar-refractivity contribution in [3.8, 4) is 0 Å². The fraction of sp³-hybridized carbons (Fsp3) is 0.294. The lowest BCUT2D eigenvalue weighted by molar-refractivity contribution is 0.0827. The molecule has 0 amide bonds. The van der Waals surface area contributed by atoms with Gasteiger partial charge in [0.25, 0.3) is 0 Å². The summed E-state index contributed by atoms with van der Waals surface area (Å²) in [5.41, 5.74) is 1.53.